The van der Waals surface area contributed by atoms with E-state index in [0.29, 0.717) is 6.42 Å². The molecule has 2 aromatic rings. The minimum atomic E-state index is -5.03. The van der Waals surface area contributed by atoms with Gasteiger partial charge < -0.3 is 29.4 Å². The predicted molar refractivity (Wildman–Crippen MR) is 139 cm³/mol. The van der Waals surface area contributed by atoms with Crippen molar-refractivity contribution in [2.45, 2.75) is 43.4 Å². The Balaban J connectivity index is 1.99. The second-order valence-electron chi connectivity index (χ2n) is 8.28. The SMILES string of the molecule is CSS[C@@H](C)O[C@@H]1C[C@H](n2cc(C#CCNC(=O)C(F)(F)F)c3c(=O)[nH]c(/N=C\N(C)C)nc32)O[C@@H]1CO. The van der Waals surface area contributed by atoms with Gasteiger partial charge in [0, 0.05) is 26.7 Å². The van der Waals surface area contributed by atoms with Crippen LogP contribution in [-0.4, -0.2) is 94.1 Å². The number of nitrogens with one attached hydrogen (secondary N) is 2. The number of fused-ring (bicyclic) bond motifs is 1. The van der Waals surface area contributed by atoms with E-state index < -0.39 is 42.6 Å². The van der Waals surface area contributed by atoms with E-state index in [1.54, 1.807) is 39.7 Å². The first kappa shape index (κ1) is 29.8. The van der Waals surface area contributed by atoms with Crippen molar-refractivity contribution in [3.8, 4) is 11.8 Å². The molecular formula is C22H27F3N6O5S2. The third kappa shape index (κ3) is 7.44. The number of aliphatic hydroxyl groups is 1. The first-order valence-corrected chi connectivity index (χ1v) is 13.9. The highest BCUT2D eigenvalue weighted by Gasteiger charge is 2.39. The Morgan fingerprint density at radius 1 is 1.53 bits per heavy atom. The molecule has 0 unspecified atom stereocenters. The van der Waals surface area contributed by atoms with Crippen LogP contribution in [0.2, 0.25) is 0 Å². The molecular weight excluding hydrogens is 549 g/mol. The van der Waals surface area contributed by atoms with Gasteiger partial charge in [0.15, 0.2) is 5.65 Å². The largest absolute Gasteiger partial charge is 0.471 e. The number of ether oxygens (including phenoxy) is 2. The molecule has 0 spiro atoms. The number of aliphatic imine (C=N–C) groups is 1. The van der Waals surface area contributed by atoms with Crippen LogP contribution in [0.3, 0.4) is 0 Å². The zero-order chi connectivity index (χ0) is 28.0. The quantitative estimate of drug-likeness (QED) is 0.135. The van der Waals surface area contributed by atoms with Crippen LogP contribution in [0.4, 0.5) is 19.1 Å². The molecule has 4 atom stereocenters. The van der Waals surface area contributed by atoms with Crippen molar-refractivity contribution in [3.05, 3.63) is 22.1 Å². The number of halogens is 3. The molecule has 1 aliphatic heterocycles. The third-order valence-electron chi connectivity index (χ3n) is 5.17. The van der Waals surface area contributed by atoms with Crippen LogP contribution in [0.25, 0.3) is 11.0 Å². The number of aliphatic hydroxyl groups excluding tert-OH is 1. The first-order valence-electron chi connectivity index (χ1n) is 11.2. The minimum absolute atomic E-state index is 0.0157. The fourth-order valence-electron chi connectivity index (χ4n) is 3.64. The van der Waals surface area contributed by atoms with Crippen molar-refractivity contribution >= 4 is 50.8 Å². The summed E-state index contributed by atoms with van der Waals surface area (Å²) >= 11 is 0. The first-order chi connectivity index (χ1) is 17.9. The number of H-pyrrole nitrogens is 1. The Kier molecular flexibility index (Phi) is 10.1. The standard InChI is InChI=1S/C22H27F3N6O5S2/c1-12(38-37-4)35-14-8-16(36-15(14)10-32)31-9-13(6-5-7-26-20(34)22(23,24)25)17-18(31)28-21(29-19(17)33)27-11-30(2)3/h9,11-12,14-16,32H,7-8,10H2,1-4H3,(H,26,34)(H,28,29,33)/b27-11-/t12-,14+,15+,16+/m0/s1. The average molecular weight is 577 g/mol. The van der Waals surface area contributed by atoms with Crippen molar-refractivity contribution in [2.75, 3.05) is 33.5 Å². The summed E-state index contributed by atoms with van der Waals surface area (Å²) in [5.74, 6) is 2.96. The summed E-state index contributed by atoms with van der Waals surface area (Å²) in [6.07, 6.45) is -1.61. The molecule has 3 N–H and O–H groups in total. The third-order valence-corrected chi connectivity index (χ3v) is 7.13. The smallest absolute Gasteiger partial charge is 0.394 e. The van der Waals surface area contributed by atoms with E-state index >= 15 is 0 Å². The van der Waals surface area contributed by atoms with Gasteiger partial charge in [0.2, 0.25) is 5.95 Å². The van der Waals surface area contributed by atoms with Gasteiger partial charge in [-0.15, -0.1) is 0 Å². The normalized spacial score (nSPS) is 20.5. The van der Waals surface area contributed by atoms with Crippen molar-refractivity contribution in [1.82, 2.24) is 24.8 Å². The van der Waals surface area contributed by atoms with Crippen molar-refractivity contribution in [3.63, 3.8) is 0 Å². The molecule has 1 aliphatic rings. The molecule has 3 heterocycles. The second-order valence-corrected chi connectivity index (χ2v) is 11.0. The number of nitrogens with zero attached hydrogens (tertiary/aromatic N) is 4. The number of alkyl halides is 3. The van der Waals surface area contributed by atoms with Crippen molar-refractivity contribution in [2.24, 2.45) is 4.99 Å². The van der Waals surface area contributed by atoms with Crippen LogP contribution in [-0.2, 0) is 14.3 Å². The molecule has 1 fully saturated rings. The molecule has 0 aromatic carbocycles. The van der Waals surface area contributed by atoms with Crippen LogP contribution in [0.5, 0.6) is 0 Å². The Bertz CT molecular complexity index is 1290. The highest BCUT2D eigenvalue weighted by Crippen LogP contribution is 2.36. The fourth-order valence-corrected chi connectivity index (χ4v) is 5.04. The number of carbonyl (C=O) groups is 1. The summed E-state index contributed by atoms with van der Waals surface area (Å²) in [6, 6.07) is 0. The molecule has 16 heteroatoms. The Labute approximate surface area is 223 Å². The molecule has 0 saturated carbocycles. The maximum absolute atomic E-state index is 13.0. The van der Waals surface area contributed by atoms with E-state index in [-0.39, 0.29) is 34.6 Å². The highest BCUT2D eigenvalue weighted by molar-refractivity contribution is 8.76. The van der Waals surface area contributed by atoms with Gasteiger partial charge in [0.1, 0.15) is 17.8 Å². The summed E-state index contributed by atoms with van der Waals surface area (Å²) < 4.78 is 50.9. The van der Waals surface area contributed by atoms with Crippen LogP contribution < -0.4 is 10.9 Å². The van der Waals surface area contributed by atoms with Gasteiger partial charge in [0.05, 0.1) is 36.5 Å². The zero-order valence-electron chi connectivity index (χ0n) is 20.9. The highest BCUT2D eigenvalue weighted by atomic mass is 33.1. The number of hydrogen-bond acceptors (Lipinski definition) is 9. The van der Waals surface area contributed by atoms with E-state index in [9.17, 15) is 27.9 Å². The van der Waals surface area contributed by atoms with Gasteiger partial charge in [-0.3, -0.25) is 14.6 Å². The number of aromatic nitrogens is 3. The van der Waals surface area contributed by atoms with Gasteiger partial charge in [-0.05, 0) is 13.2 Å². The number of rotatable bonds is 9. The van der Waals surface area contributed by atoms with Gasteiger partial charge >= 0.3 is 12.1 Å². The van der Waals surface area contributed by atoms with Gasteiger partial charge in [0.25, 0.3) is 5.56 Å². The zero-order valence-corrected chi connectivity index (χ0v) is 22.5. The molecule has 3 rings (SSSR count). The second kappa shape index (κ2) is 12.9. The van der Waals surface area contributed by atoms with E-state index in [4.69, 9.17) is 9.47 Å². The average Bonchev–Trinajstić information content (AvgIpc) is 3.41. The van der Waals surface area contributed by atoms with Crippen LogP contribution in [0, 0.1) is 11.8 Å². The summed E-state index contributed by atoms with van der Waals surface area (Å²) in [7, 11) is 6.54. The number of hydrogen-bond donors (Lipinski definition) is 3. The van der Waals surface area contributed by atoms with E-state index in [2.05, 4.69) is 26.8 Å². The minimum Gasteiger partial charge on any atom is -0.394 e. The molecule has 0 aliphatic carbocycles. The molecule has 0 radical (unpaired) electrons. The molecule has 208 valence electrons. The molecule has 1 amide bonds. The monoisotopic (exact) mass is 576 g/mol. The molecule has 38 heavy (non-hydrogen) atoms. The Hall–Kier alpha value is -2.71. The summed E-state index contributed by atoms with van der Waals surface area (Å²) in [5.41, 5.74) is -0.401. The summed E-state index contributed by atoms with van der Waals surface area (Å²) in [5, 5.41) is 11.6. The topological polar surface area (TPSA) is 134 Å². The lowest BCUT2D eigenvalue weighted by molar-refractivity contribution is -0.173. The lowest BCUT2D eigenvalue weighted by Crippen LogP contribution is -2.36. The van der Waals surface area contributed by atoms with Gasteiger partial charge in [-0.1, -0.05) is 33.4 Å². The number of aromatic amines is 1. The number of amides is 1. The van der Waals surface area contributed by atoms with Crippen LogP contribution >= 0.6 is 21.6 Å². The van der Waals surface area contributed by atoms with E-state index in [0.717, 1.165) is 0 Å². The van der Waals surface area contributed by atoms with Gasteiger partial charge in [-0.2, -0.15) is 18.2 Å². The Morgan fingerprint density at radius 2 is 2.26 bits per heavy atom. The maximum atomic E-state index is 13.0. The number of carbonyl (C=O) groups excluding carboxylic acids is 1. The van der Waals surface area contributed by atoms with E-state index in [1.165, 1.54) is 23.3 Å². The molecule has 2 aromatic heterocycles. The molecule has 0 bridgehead atoms. The summed E-state index contributed by atoms with van der Waals surface area (Å²) in [6.45, 7) is 0.999. The lowest BCUT2D eigenvalue weighted by Gasteiger charge is -2.20. The lowest BCUT2D eigenvalue weighted by atomic mass is 10.2. The van der Waals surface area contributed by atoms with Crippen LogP contribution in [0.15, 0.2) is 16.0 Å². The predicted octanol–water partition coefficient (Wildman–Crippen LogP) is 2.00. The van der Waals surface area contributed by atoms with Crippen LogP contribution in [0.1, 0.15) is 25.1 Å². The fraction of sp³-hybridized carbons (Fsp3) is 0.545. The van der Waals surface area contributed by atoms with E-state index in [1.807, 2.05) is 13.2 Å². The summed E-state index contributed by atoms with van der Waals surface area (Å²) in [4.78, 5) is 36.8. The van der Waals surface area contributed by atoms with Gasteiger partial charge in [-0.25, -0.2) is 4.99 Å². The molecule has 1 saturated heterocycles. The van der Waals surface area contributed by atoms with Crippen molar-refractivity contribution in [1.29, 1.82) is 0 Å². The maximum Gasteiger partial charge on any atom is 0.471 e. The Morgan fingerprint density at radius 3 is 2.89 bits per heavy atom. The van der Waals surface area contributed by atoms with Crippen molar-refractivity contribution < 1.29 is 32.5 Å². The molecule has 11 nitrogen and oxygen atoms in total.